The molecule has 2 aromatic rings. The zero-order chi connectivity index (χ0) is 20.4. The zero-order valence-corrected chi connectivity index (χ0v) is 16.1. The Balaban J connectivity index is 1.72. The number of alkyl halides is 3. The summed E-state index contributed by atoms with van der Waals surface area (Å²) in [4.78, 5) is 17.0. The van der Waals surface area contributed by atoms with Gasteiger partial charge >= 0.3 is 6.18 Å². The molecular formula is C21H24F3N3O2. The highest BCUT2D eigenvalue weighted by Crippen LogP contribution is 2.34. The lowest BCUT2D eigenvalue weighted by Gasteiger charge is -2.27. The van der Waals surface area contributed by atoms with E-state index in [1.165, 1.54) is 12.3 Å². The SMILES string of the molecule is O=c1c(C2CCCCC2)cc(OC2CCC2)nn1Cc1ncccc1C(F)(F)F. The largest absolute Gasteiger partial charge is 0.473 e. The summed E-state index contributed by atoms with van der Waals surface area (Å²) in [7, 11) is 0. The van der Waals surface area contributed by atoms with Gasteiger partial charge in [-0.25, -0.2) is 4.68 Å². The normalized spacial score (nSPS) is 18.4. The number of aromatic nitrogens is 3. The fourth-order valence-corrected chi connectivity index (χ4v) is 4.03. The monoisotopic (exact) mass is 407 g/mol. The summed E-state index contributed by atoms with van der Waals surface area (Å²) in [6, 6.07) is 3.92. The molecule has 2 fully saturated rings. The molecule has 0 spiro atoms. The van der Waals surface area contributed by atoms with E-state index in [2.05, 4.69) is 10.1 Å². The van der Waals surface area contributed by atoms with Crippen LogP contribution in [0.4, 0.5) is 13.2 Å². The summed E-state index contributed by atoms with van der Waals surface area (Å²) < 4.78 is 47.1. The Bertz CT molecular complexity index is 916. The van der Waals surface area contributed by atoms with Crippen LogP contribution in [0.5, 0.6) is 5.88 Å². The Labute approximate surface area is 166 Å². The molecular weight excluding hydrogens is 383 g/mol. The third kappa shape index (κ3) is 4.46. The smallest absolute Gasteiger partial charge is 0.418 e. The summed E-state index contributed by atoms with van der Waals surface area (Å²) in [5.74, 6) is 0.416. The van der Waals surface area contributed by atoms with Gasteiger partial charge in [0.2, 0.25) is 5.88 Å². The molecule has 2 heterocycles. The number of halogens is 3. The minimum Gasteiger partial charge on any atom is -0.473 e. The molecule has 0 atom stereocenters. The average molecular weight is 407 g/mol. The van der Waals surface area contributed by atoms with Gasteiger partial charge in [-0.3, -0.25) is 9.78 Å². The topological polar surface area (TPSA) is 57.0 Å². The molecule has 0 amide bonds. The second-order valence-electron chi connectivity index (χ2n) is 7.90. The van der Waals surface area contributed by atoms with Crippen molar-refractivity contribution < 1.29 is 17.9 Å². The van der Waals surface area contributed by atoms with Gasteiger partial charge in [0.1, 0.15) is 6.10 Å². The molecule has 0 N–H and O–H groups in total. The molecule has 2 saturated carbocycles. The highest BCUT2D eigenvalue weighted by Gasteiger charge is 2.34. The number of nitrogens with zero attached hydrogens (tertiary/aromatic N) is 3. The molecule has 0 saturated heterocycles. The quantitative estimate of drug-likeness (QED) is 0.722. The standard InChI is InChI=1S/C21H24F3N3O2/c22-21(23,24)17-10-5-11-25-18(17)13-27-20(28)16(14-6-2-1-3-7-14)12-19(26-27)29-15-8-4-9-15/h5,10-12,14-15H,1-4,6-9,13H2. The molecule has 2 aliphatic carbocycles. The maximum Gasteiger partial charge on any atom is 0.418 e. The molecule has 0 bridgehead atoms. The Morgan fingerprint density at radius 1 is 1.10 bits per heavy atom. The van der Waals surface area contributed by atoms with Gasteiger partial charge in [0.15, 0.2) is 0 Å². The second-order valence-corrected chi connectivity index (χ2v) is 7.90. The molecule has 4 rings (SSSR count). The summed E-state index contributed by atoms with van der Waals surface area (Å²) in [6.07, 6.45) is 4.80. The zero-order valence-electron chi connectivity index (χ0n) is 16.1. The molecule has 0 aliphatic heterocycles. The first-order chi connectivity index (χ1) is 13.9. The lowest BCUT2D eigenvalue weighted by Crippen LogP contribution is -2.32. The van der Waals surface area contributed by atoms with Crippen LogP contribution in [0.3, 0.4) is 0 Å². The maximum absolute atomic E-state index is 13.4. The molecule has 0 unspecified atom stereocenters. The Morgan fingerprint density at radius 2 is 1.86 bits per heavy atom. The Kier molecular flexibility index (Phi) is 5.61. The highest BCUT2D eigenvalue weighted by atomic mass is 19.4. The number of hydrogen-bond acceptors (Lipinski definition) is 4. The van der Waals surface area contributed by atoms with Gasteiger partial charge in [-0.1, -0.05) is 19.3 Å². The van der Waals surface area contributed by atoms with Crippen LogP contribution in [0.15, 0.2) is 29.2 Å². The number of pyridine rings is 1. The third-order valence-corrected chi connectivity index (χ3v) is 5.86. The van der Waals surface area contributed by atoms with Gasteiger partial charge in [0.25, 0.3) is 5.56 Å². The Morgan fingerprint density at radius 3 is 2.52 bits per heavy atom. The lowest BCUT2D eigenvalue weighted by atomic mass is 9.85. The third-order valence-electron chi connectivity index (χ3n) is 5.86. The van der Waals surface area contributed by atoms with E-state index in [0.29, 0.717) is 11.4 Å². The van der Waals surface area contributed by atoms with Crippen molar-refractivity contribution in [1.82, 2.24) is 14.8 Å². The maximum atomic E-state index is 13.4. The molecule has 5 nitrogen and oxygen atoms in total. The van der Waals surface area contributed by atoms with Crippen LogP contribution >= 0.6 is 0 Å². The van der Waals surface area contributed by atoms with E-state index in [9.17, 15) is 18.0 Å². The lowest BCUT2D eigenvalue weighted by molar-refractivity contribution is -0.138. The van der Waals surface area contributed by atoms with Crippen molar-refractivity contribution in [3.8, 4) is 5.88 Å². The molecule has 2 aromatic heterocycles. The van der Waals surface area contributed by atoms with Gasteiger partial charge < -0.3 is 4.74 Å². The van der Waals surface area contributed by atoms with Crippen LogP contribution < -0.4 is 10.3 Å². The van der Waals surface area contributed by atoms with Gasteiger partial charge in [0.05, 0.1) is 17.8 Å². The van der Waals surface area contributed by atoms with Crippen LogP contribution in [0.25, 0.3) is 0 Å². The van der Waals surface area contributed by atoms with Crippen molar-refractivity contribution in [3.05, 3.63) is 51.6 Å². The van der Waals surface area contributed by atoms with Crippen LogP contribution in [0.2, 0.25) is 0 Å². The van der Waals surface area contributed by atoms with Gasteiger partial charge in [-0.2, -0.15) is 13.2 Å². The van der Waals surface area contributed by atoms with Gasteiger partial charge in [-0.05, 0) is 50.2 Å². The summed E-state index contributed by atoms with van der Waals surface area (Å²) in [6.45, 7) is -0.337. The summed E-state index contributed by atoms with van der Waals surface area (Å²) in [5.41, 5.74) is -0.821. The van der Waals surface area contributed by atoms with Crippen LogP contribution in [0, 0.1) is 0 Å². The van der Waals surface area contributed by atoms with Crippen LogP contribution in [0.1, 0.15) is 74.1 Å². The van der Waals surface area contributed by atoms with Crippen molar-refractivity contribution in [2.75, 3.05) is 0 Å². The van der Waals surface area contributed by atoms with E-state index in [1.54, 1.807) is 6.07 Å². The Hall–Kier alpha value is -2.38. The van der Waals surface area contributed by atoms with Crippen molar-refractivity contribution in [2.45, 2.75) is 76.1 Å². The van der Waals surface area contributed by atoms with E-state index >= 15 is 0 Å². The van der Waals surface area contributed by atoms with E-state index in [-0.39, 0.29) is 29.8 Å². The minimum atomic E-state index is -4.54. The fraction of sp³-hybridized carbons (Fsp3) is 0.571. The van der Waals surface area contributed by atoms with Crippen molar-refractivity contribution in [1.29, 1.82) is 0 Å². The first-order valence-corrected chi connectivity index (χ1v) is 10.2. The van der Waals surface area contributed by atoms with E-state index in [1.807, 2.05) is 0 Å². The predicted octanol–water partition coefficient (Wildman–Crippen LogP) is 4.68. The minimum absolute atomic E-state index is 0.0632. The van der Waals surface area contributed by atoms with Crippen molar-refractivity contribution >= 4 is 0 Å². The van der Waals surface area contributed by atoms with E-state index < -0.39 is 11.7 Å². The van der Waals surface area contributed by atoms with Crippen molar-refractivity contribution in [2.24, 2.45) is 0 Å². The fourth-order valence-electron chi connectivity index (χ4n) is 4.03. The molecule has 0 aromatic carbocycles. The molecule has 0 radical (unpaired) electrons. The van der Waals surface area contributed by atoms with Crippen LogP contribution in [-0.2, 0) is 12.7 Å². The molecule has 2 aliphatic rings. The van der Waals surface area contributed by atoms with Crippen molar-refractivity contribution in [3.63, 3.8) is 0 Å². The summed E-state index contributed by atoms with van der Waals surface area (Å²) >= 11 is 0. The van der Waals surface area contributed by atoms with Gasteiger partial charge in [-0.15, -0.1) is 5.10 Å². The molecule has 29 heavy (non-hydrogen) atoms. The second kappa shape index (κ2) is 8.16. The highest BCUT2D eigenvalue weighted by molar-refractivity contribution is 5.26. The summed E-state index contributed by atoms with van der Waals surface area (Å²) in [5, 5.41) is 4.24. The number of ether oxygens (including phenoxy) is 1. The van der Waals surface area contributed by atoms with E-state index in [0.717, 1.165) is 62.1 Å². The molecule has 156 valence electrons. The first-order valence-electron chi connectivity index (χ1n) is 10.2. The molecule has 8 heteroatoms. The predicted molar refractivity (Wildman–Crippen MR) is 101 cm³/mol. The first kappa shape index (κ1) is 19.9. The van der Waals surface area contributed by atoms with Crippen LogP contribution in [-0.4, -0.2) is 20.9 Å². The average Bonchev–Trinajstić information content (AvgIpc) is 2.67. The van der Waals surface area contributed by atoms with Gasteiger partial charge in [0, 0.05) is 17.8 Å². The van der Waals surface area contributed by atoms with E-state index in [4.69, 9.17) is 4.74 Å². The number of hydrogen-bond donors (Lipinski definition) is 0. The number of rotatable bonds is 5.